The van der Waals surface area contributed by atoms with Crippen LogP contribution in [-0.4, -0.2) is 34.7 Å². The van der Waals surface area contributed by atoms with Gasteiger partial charge in [-0.15, -0.1) is 0 Å². The Kier molecular flexibility index (Phi) is 4.38. The minimum Gasteiger partial charge on any atom is -0.393 e. The first kappa shape index (κ1) is 14.3. The number of hydrogen-bond acceptors (Lipinski definition) is 2. The van der Waals surface area contributed by atoms with Gasteiger partial charge in [0.2, 0.25) is 0 Å². The van der Waals surface area contributed by atoms with Crippen molar-refractivity contribution in [2.24, 2.45) is 11.3 Å². The molecule has 0 amide bonds. The molecule has 2 saturated carbocycles. The van der Waals surface area contributed by atoms with Gasteiger partial charge in [0, 0.05) is 12.1 Å². The third kappa shape index (κ3) is 2.91. The van der Waals surface area contributed by atoms with Crippen LogP contribution in [0.5, 0.6) is 0 Å². The first-order valence-electron chi connectivity index (χ1n) is 7.87. The van der Waals surface area contributed by atoms with Crippen LogP contribution in [0.4, 0.5) is 0 Å². The van der Waals surface area contributed by atoms with Crippen LogP contribution in [-0.2, 0) is 0 Å². The lowest BCUT2D eigenvalue weighted by Crippen LogP contribution is -2.54. The summed E-state index contributed by atoms with van der Waals surface area (Å²) in [6.07, 6.45) is 7.26. The Bertz CT molecular complexity index is 267. The van der Waals surface area contributed by atoms with E-state index in [0.717, 1.165) is 31.3 Å². The molecule has 18 heavy (non-hydrogen) atoms. The quantitative estimate of drug-likeness (QED) is 0.833. The Balaban J connectivity index is 2.12. The summed E-state index contributed by atoms with van der Waals surface area (Å²) in [4.78, 5) is 2.71. The van der Waals surface area contributed by atoms with Crippen LogP contribution in [0, 0.1) is 11.3 Å². The van der Waals surface area contributed by atoms with Crippen molar-refractivity contribution in [3.63, 3.8) is 0 Å². The van der Waals surface area contributed by atoms with Crippen LogP contribution in [0.3, 0.4) is 0 Å². The average molecular weight is 253 g/mol. The second-order valence-corrected chi connectivity index (χ2v) is 7.42. The maximum atomic E-state index is 10.1. The van der Waals surface area contributed by atoms with Crippen LogP contribution in [0.25, 0.3) is 0 Å². The summed E-state index contributed by atoms with van der Waals surface area (Å²) in [7, 11) is 0. The van der Waals surface area contributed by atoms with Gasteiger partial charge in [0.05, 0.1) is 6.10 Å². The molecule has 0 spiro atoms. The van der Waals surface area contributed by atoms with Gasteiger partial charge in [0.1, 0.15) is 0 Å². The lowest BCUT2D eigenvalue weighted by Gasteiger charge is -2.51. The fourth-order valence-electron chi connectivity index (χ4n) is 3.98. The fraction of sp³-hybridized carbons (Fsp3) is 1.00. The van der Waals surface area contributed by atoms with Crippen LogP contribution in [0.1, 0.15) is 66.2 Å². The van der Waals surface area contributed by atoms with Crippen molar-refractivity contribution in [1.82, 2.24) is 4.90 Å². The molecule has 0 aliphatic heterocycles. The van der Waals surface area contributed by atoms with Gasteiger partial charge in [0.25, 0.3) is 0 Å². The topological polar surface area (TPSA) is 23.5 Å². The Morgan fingerprint density at radius 3 is 2.22 bits per heavy atom. The van der Waals surface area contributed by atoms with Gasteiger partial charge in [-0.2, -0.15) is 0 Å². The molecule has 106 valence electrons. The molecule has 2 aliphatic carbocycles. The van der Waals surface area contributed by atoms with Crippen LogP contribution in [0.2, 0.25) is 0 Å². The minimum atomic E-state index is -0.0669. The van der Waals surface area contributed by atoms with Gasteiger partial charge in [0.15, 0.2) is 0 Å². The van der Waals surface area contributed by atoms with Crippen molar-refractivity contribution in [1.29, 1.82) is 0 Å². The molecule has 0 radical (unpaired) electrons. The molecule has 2 heteroatoms. The minimum absolute atomic E-state index is 0.0669. The molecule has 3 unspecified atom stereocenters. The lowest BCUT2D eigenvalue weighted by molar-refractivity contribution is -0.0400. The largest absolute Gasteiger partial charge is 0.393 e. The highest BCUT2D eigenvalue weighted by Crippen LogP contribution is 2.42. The van der Waals surface area contributed by atoms with E-state index < -0.39 is 0 Å². The van der Waals surface area contributed by atoms with Crippen molar-refractivity contribution in [3.8, 4) is 0 Å². The molecule has 0 saturated heterocycles. The first-order chi connectivity index (χ1) is 8.43. The Hall–Kier alpha value is -0.0800. The fourth-order valence-corrected chi connectivity index (χ4v) is 3.98. The van der Waals surface area contributed by atoms with Crippen LogP contribution in [0.15, 0.2) is 0 Å². The summed E-state index contributed by atoms with van der Waals surface area (Å²) >= 11 is 0. The monoisotopic (exact) mass is 253 g/mol. The maximum absolute atomic E-state index is 10.1. The van der Waals surface area contributed by atoms with E-state index in [0.29, 0.717) is 11.5 Å². The highest BCUT2D eigenvalue weighted by molar-refractivity contribution is 4.95. The number of aliphatic hydroxyl groups excluding tert-OH is 1. The third-order valence-corrected chi connectivity index (χ3v) is 5.24. The molecule has 2 rings (SSSR count). The second-order valence-electron chi connectivity index (χ2n) is 7.42. The predicted molar refractivity (Wildman–Crippen MR) is 76.6 cm³/mol. The van der Waals surface area contributed by atoms with E-state index in [-0.39, 0.29) is 6.10 Å². The Morgan fingerprint density at radius 2 is 1.78 bits per heavy atom. The summed E-state index contributed by atoms with van der Waals surface area (Å²) < 4.78 is 0. The van der Waals surface area contributed by atoms with Gasteiger partial charge in [-0.3, -0.25) is 4.90 Å². The summed E-state index contributed by atoms with van der Waals surface area (Å²) in [6.45, 7) is 10.6. The molecule has 0 aromatic heterocycles. The normalized spacial score (nSPS) is 34.7. The number of nitrogens with zero attached hydrogens (tertiary/aromatic N) is 1. The van der Waals surface area contributed by atoms with Crippen molar-refractivity contribution in [3.05, 3.63) is 0 Å². The third-order valence-electron chi connectivity index (χ3n) is 5.24. The predicted octanol–water partition coefficient (Wildman–Crippen LogP) is 3.44. The Morgan fingerprint density at radius 1 is 1.11 bits per heavy atom. The first-order valence-corrected chi connectivity index (χ1v) is 7.87. The molecule has 2 aliphatic rings. The zero-order valence-electron chi connectivity index (χ0n) is 12.7. The van der Waals surface area contributed by atoms with Gasteiger partial charge in [-0.25, -0.2) is 0 Å². The Labute approximate surface area is 113 Å². The van der Waals surface area contributed by atoms with Gasteiger partial charge >= 0.3 is 0 Å². The zero-order chi connectivity index (χ0) is 13.3. The van der Waals surface area contributed by atoms with E-state index in [1.54, 1.807) is 0 Å². The van der Waals surface area contributed by atoms with E-state index in [9.17, 15) is 5.11 Å². The van der Waals surface area contributed by atoms with Crippen molar-refractivity contribution >= 4 is 0 Å². The summed E-state index contributed by atoms with van der Waals surface area (Å²) in [5.41, 5.74) is 0.363. The molecule has 0 heterocycles. The molecule has 3 atom stereocenters. The number of rotatable bonds is 3. The molecule has 0 bridgehead atoms. The van der Waals surface area contributed by atoms with Gasteiger partial charge < -0.3 is 5.11 Å². The standard InChI is InChI=1S/C16H31NO/c1-5-17(12-7-6-8-12)15-11-13(18)9-10-14(15)16(2,3)4/h12-15,18H,5-11H2,1-4H3. The lowest BCUT2D eigenvalue weighted by atomic mass is 9.67. The van der Waals surface area contributed by atoms with Crippen molar-refractivity contribution < 1.29 is 5.11 Å². The van der Waals surface area contributed by atoms with E-state index in [1.807, 2.05) is 0 Å². The van der Waals surface area contributed by atoms with Crippen LogP contribution >= 0.6 is 0 Å². The average Bonchev–Trinajstić information content (AvgIpc) is 2.21. The molecule has 0 aromatic carbocycles. The van der Waals surface area contributed by atoms with Gasteiger partial charge in [-0.05, 0) is 50.0 Å². The maximum Gasteiger partial charge on any atom is 0.0555 e. The molecule has 0 aromatic rings. The SMILES string of the molecule is CCN(C1CCC1)C1CC(O)CCC1C(C)(C)C. The van der Waals surface area contributed by atoms with Crippen molar-refractivity contribution in [2.75, 3.05) is 6.54 Å². The molecular formula is C16H31NO. The summed E-state index contributed by atoms with van der Waals surface area (Å²) in [5, 5.41) is 10.1. The number of aliphatic hydroxyl groups is 1. The number of hydrogen-bond donors (Lipinski definition) is 1. The van der Waals surface area contributed by atoms with E-state index in [2.05, 4.69) is 32.6 Å². The highest BCUT2D eigenvalue weighted by Gasteiger charge is 2.42. The molecule has 2 fully saturated rings. The van der Waals surface area contributed by atoms with E-state index >= 15 is 0 Å². The molecule has 2 nitrogen and oxygen atoms in total. The zero-order valence-corrected chi connectivity index (χ0v) is 12.7. The molecule has 1 N–H and O–H groups in total. The second kappa shape index (κ2) is 5.50. The van der Waals surface area contributed by atoms with Gasteiger partial charge in [-0.1, -0.05) is 34.1 Å². The highest BCUT2D eigenvalue weighted by atomic mass is 16.3. The van der Waals surface area contributed by atoms with E-state index in [1.165, 1.54) is 25.7 Å². The van der Waals surface area contributed by atoms with Crippen molar-refractivity contribution in [2.45, 2.75) is 84.4 Å². The van der Waals surface area contributed by atoms with E-state index in [4.69, 9.17) is 0 Å². The smallest absolute Gasteiger partial charge is 0.0555 e. The molecular weight excluding hydrogens is 222 g/mol. The summed E-state index contributed by atoms with van der Waals surface area (Å²) in [5.74, 6) is 0.737. The summed E-state index contributed by atoms with van der Waals surface area (Å²) in [6, 6.07) is 1.40. The van der Waals surface area contributed by atoms with Crippen LogP contribution < -0.4 is 0 Å².